The molecule has 1 heterocycles. The van der Waals surface area contributed by atoms with Crippen LogP contribution in [-0.2, 0) is 16.0 Å². The van der Waals surface area contributed by atoms with Crippen molar-refractivity contribution in [2.75, 3.05) is 18.2 Å². The van der Waals surface area contributed by atoms with E-state index >= 15 is 0 Å². The van der Waals surface area contributed by atoms with Crippen LogP contribution in [0.1, 0.15) is 30.4 Å². The van der Waals surface area contributed by atoms with E-state index in [4.69, 9.17) is 4.74 Å². The SMILES string of the molecule is CCc1ccccc1NC(=O)CSC1=C(C#N)C(c2ccccc2OC)CC(=O)N1. The Morgan fingerprint density at radius 1 is 1.27 bits per heavy atom. The van der Waals surface area contributed by atoms with Gasteiger partial charge in [0.2, 0.25) is 11.8 Å². The molecule has 3 rings (SSSR count). The van der Waals surface area contributed by atoms with Gasteiger partial charge in [-0.05, 0) is 24.1 Å². The Morgan fingerprint density at radius 2 is 2.00 bits per heavy atom. The maximum atomic E-state index is 12.5. The number of nitriles is 1. The van der Waals surface area contributed by atoms with Gasteiger partial charge in [0.15, 0.2) is 0 Å². The number of hydrogen-bond acceptors (Lipinski definition) is 5. The number of carbonyl (C=O) groups is 2. The van der Waals surface area contributed by atoms with Crippen LogP contribution in [0.2, 0.25) is 0 Å². The van der Waals surface area contributed by atoms with E-state index in [0.29, 0.717) is 16.4 Å². The third-order valence-corrected chi connectivity index (χ3v) is 5.91. The largest absolute Gasteiger partial charge is 0.496 e. The first-order chi connectivity index (χ1) is 14.6. The normalized spacial score (nSPS) is 15.9. The first-order valence-electron chi connectivity index (χ1n) is 9.65. The number of methoxy groups -OCH3 is 1. The maximum Gasteiger partial charge on any atom is 0.234 e. The maximum absolute atomic E-state index is 12.5. The number of para-hydroxylation sites is 2. The minimum Gasteiger partial charge on any atom is -0.496 e. The summed E-state index contributed by atoms with van der Waals surface area (Å²) in [6.07, 6.45) is 0.966. The second-order valence-corrected chi connectivity index (χ2v) is 7.73. The van der Waals surface area contributed by atoms with Crippen LogP contribution >= 0.6 is 11.8 Å². The lowest BCUT2D eigenvalue weighted by Gasteiger charge is -2.26. The smallest absolute Gasteiger partial charge is 0.234 e. The molecule has 0 spiro atoms. The average molecular weight is 422 g/mol. The van der Waals surface area contributed by atoms with E-state index in [1.165, 1.54) is 0 Å². The molecule has 30 heavy (non-hydrogen) atoms. The van der Waals surface area contributed by atoms with Crippen LogP contribution in [0.4, 0.5) is 5.69 Å². The molecule has 154 valence electrons. The third-order valence-electron chi connectivity index (χ3n) is 4.89. The number of ether oxygens (including phenoxy) is 1. The quantitative estimate of drug-likeness (QED) is 0.706. The van der Waals surface area contributed by atoms with Crippen molar-refractivity contribution in [1.82, 2.24) is 5.32 Å². The molecule has 0 aromatic heterocycles. The molecule has 1 aliphatic rings. The number of nitrogens with zero attached hydrogens (tertiary/aromatic N) is 1. The monoisotopic (exact) mass is 421 g/mol. The molecular weight excluding hydrogens is 398 g/mol. The van der Waals surface area contributed by atoms with Crippen molar-refractivity contribution in [3.63, 3.8) is 0 Å². The van der Waals surface area contributed by atoms with Gasteiger partial charge in [0, 0.05) is 23.6 Å². The van der Waals surface area contributed by atoms with Gasteiger partial charge in [-0.2, -0.15) is 5.26 Å². The lowest BCUT2D eigenvalue weighted by atomic mass is 9.86. The van der Waals surface area contributed by atoms with E-state index in [1.807, 2.05) is 55.5 Å². The summed E-state index contributed by atoms with van der Waals surface area (Å²) in [5.41, 5.74) is 3.05. The molecule has 0 saturated heterocycles. The molecule has 0 fully saturated rings. The van der Waals surface area contributed by atoms with Gasteiger partial charge in [-0.3, -0.25) is 9.59 Å². The molecule has 1 unspecified atom stereocenters. The Bertz CT molecular complexity index is 1030. The third kappa shape index (κ3) is 4.84. The Hall–Kier alpha value is -3.24. The van der Waals surface area contributed by atoms with Crippen LogP contribution in [0, 0.1) is 11.3 Å². The van der Waals surface area contributed by atoms with Crippen molar-refractivity contribution in [3.8, 4) is 11.8 Å². The van der Waals surface area contributed by atoms with Crippen molar-refractivity contribution in [3.05, 3.63) is 70.3 Å². The highest BCUT2D eigenvalue weighted by Gasteiger charge is 2.31. The summed E-state index contributed by atoms with van der Waals surface area (Å²) in [7, 11) is 1.56. The van der Waals surface area contributed by atoms with Gasteiger partial charge < -0.3 is 15.4 Å². The topological polar surface area (TPSA) is 91.2 Å². The standard InChI is InChI=1S/C23H23N3O3S/c1-3-15-8-4-6-10-19(15)25-22(28)14-30-23-18(13-24)17(12-21(27)26-23)16-9-5-7-11-20(16)29-2/h4-11,17H,3,12,14H2,1-2H3,(H,25,28)(H,26,27). The van der Waals surface area contributed by atoms with Crippen molar-refractivity contribution in [2.24, 2.45) is 0 Å². The summed E-state index contributed by atoms with van der Waals surface area (Å²) in [6.45, 7) is 2.03. The Morgan fingerprint density at radius 3 is 2.73 bits per heavy atom. The molecule has 0 bridgehead atoms. The molecule has 1 atom stereocenters. The van der Waals surface area contributed by atoms with Crippen molar-refractivity contribution in [2.45, 2.75) is 25.7 Å². The van der Waals surface area contributed by atoms with Crippen LogP contribution in [0.5, 0.6) is 5.75 Å². The van der Waals surface area contributed by atoms with Crippen LogP contribution in [0.25, 0.3) is 0 Å². The summed E-state index contributed by atoms with van der Waals surface area (Å²) in [5.74, 6) is -0.0877. The first kappa shape index (κ1) is 21.5. The van der Waals surface area contributed by atoms with Gasteiger partial charge in [0.1, 0.15) is 5.75 Å². The number of hydrogen-bond donors (Lipinski definition) is 2. The van der Waals surface area contributed by atoms with E-state index in [0.717, 1.165) is 35.0 Å². The summed E-state index contributed by atoms with van der Waals surface area (Å²) >= 11 is 1.16. The number of aryl methyl sites for hydroxylation is 1. The fraction of sp³-hybridized carbons (Fsp3) is 0.261. The van der Waals surface area contributed by atoms with Gasteiger partial charge in [0.05, 0.1) is 29.5 Å². The summed E-state index contributed by atoms with van der Waals surface area (Å²) in [6, 6.07) is 17.2. The lowest BCUT2D eigenvalue weighted by molar-refractivity contribution is -0.121. The fourth-order valence-corrected chi connectivity index (χ4v) is 4.30. The van der Waals surface area contributed by atoms with Gasteiger partial charge in [0.25, 0.3) is 0 Å². The van der Waals surface area contributed by atoms with E-state index in [2.05, 4.69) is 16.7 Å². The zero-order valence-electron chi connectivity index (χ0n) is 16.9. The number of allylic oxidation sites excluding steroid dienone is 1. The molecule has 0 radical (unpaired) electrons. The molecule has 0 aliphatic carbocycles. The number of benzene rings is 2. The van der Waals surface area contributed by atoms with Crippen LogP contribution in [-0.4, -0.2) is 24.7 Å². The average Bonchev–Trinajstić information content (AvgIpc) is 2.77. The molecule has 2 amide bonds. The second-order valence-electron chi connectivity index (χ2n) is 6.75. The number of anilines is 1. The minimum atomic E-state index is -0.411. The highest BCUT2D eigenvalue weighted by atomic mass is 32.2. The minimum absolute atomic E-state index is 0.0808. The molecular formula is C23H23N3O3S. The van der Waals surface area contributed by atoms with Gasteiger partial charge >= 0.3 is 0 Å². The zero-order valence-corrected chi connectivity index (χ0v) is 17.7. The van der Waals surface area contributed by atoms with Gasteiger partial charge in [-0.1, -0.05) is 55.1 Å². The summed E-state index contributed by atoms with van der Waals surface area (Å²) < 4.78 is 5.41. The van der Waals surface area contributed by atoms with Crippen LogP contribution < -0.4 is 15.4 Å². The Balaban J connectivity index is 1.79. The van der Waals surface area contributed by atoms with E-state index < -0.39 is 5.92 Å². The summed E-state index contributed by atoms with van der Waals surface area (Å²) in [4.78, 5) is 24.8. The van der Waals surface area contributed by atoms with Crippen molar-refractivity contribution < 1.29 is 14.3 Å². The van der Waals surface area contributed by atoms with Crippen LogP contribution in [0.15, 0.2) is 59.1 Å². The number of nitrogens with one attached hydrogen (secondary N) is 2. The summed E-state index contributed by atoms with van der Waals surface area (Å²) in [5, 5.41) is 15.9. The number of carbonyl (C=O) groups excluding carboxylic acids is 2. The van der Waals surface area contributed by atoms with E-state index in [9.17, 15) is 14.9 Å². The molecule has 2 aromatic rings. The zero-order chi connectivity index (χ0) is 21.5. The highest BCUT2D eigenvalue weighted by Crippen LogP contribution is 2.39. The van der Waals surface area contributed by atoms with Crippen LogP contribution in [0.3, 0.4) is 0 Å². The molecule has 2 N–H and O–H groups in total. The van der Waals surface area contributed by atoms with Gasteiger partial charge in [-0.15, -0.1) is 0 Å². The first-order valence-corrected chi connectivity index (χ1v) is 10.6. The molecule has 7 heteroatoms. The van der Waals surface area contributed by atoms with Crippen molar-refractivity contribution in [1.29, 1.82) is 5.26 Å². The predicted molar refractivity (Wildman–Crippen MR) is 118 cm³/mol. The van der Waals surface area contributed by atoms with E-state index in [1.54, 1.807) is 7.11 Å². The molecule has 0 saturated carbocycles. The van der Waals surface area contributed by atoms with Crippen molar-refractivity contribution >= 4 is 29.3 Å². The highest BCUT2D eigenvalue weighted by molar-refractivity contribution is 8.03. The van der Waals surface area contributed by atoms with E-state index in [-0.39, 0.29) is 24.0 Å². The number of thioether (sulfide) groups is 1. The Labute approximate surface area is 180 Å². The Kier molecular flexibility index (Phi) is 7.15. The predicted octanol–water partition coefficient (Wildman–Crippen LogP) is 3.97. The molecule has 6 nitrogen and oxygen atoms in total. The van der Waals surface area contributed by atoms with Gasteiger partial charge in [-0.25, -0.2) is 0 Å². The second kappa shape index (κ2) is 9.99. The fourth-order valence-electron chi connectivity index (χ4n) is 3.43. The lowest BCUT2D eigenvalue weighted by Crippen LogP contribution is -2.31. The molecule has 2 aromatic carbocycles. The number of amides is 2. The number of rotatable bonds is 7. The molecule has 1 aliphatic heterocycles.